The van der Waals surface area contributed by atoms with E-state index in [4.69, 9.17) is 0 Å². The Morgan fingerprint density at radius 2 is 0.931 bits per heavy atom. The fraction of sp³-hybridized carbons (Fsp3) is 0.821. The topological polar surface area (TPSA) is 3.88 Å². The van der Waals surface area contributed by atoms with Crippen molar-refractivity contribution >= 4 is 0 Å². The third-order valence-electron chi connectivity index (χ3n) is 6.28. The van der Waals surface area contributed by atoms with Crippen LogP contribution in [0.3, 0.4) is 0 Å². The number of aryl methyl sites for hydroxylation is 2. The number of pyridine rings is 1. The minimum atomic E-state index is 1.18. The van der Waals surface area contributed by atoms with Gasteiger partial charge in [0.05, 0.1) is 0 Å². The molecule has 0 amide bonds. The van der Waals surface area contributed by atoms with E-state index in [1.807, 2.05) is 0 Å². The Bertz CT molecular complexity index is 453. The van der Waals surface area contributed by atoms with Gasteiger partial charge >= 0.3 is 0 Å². The van der Waals surface area contributed by atoms with E-state index < -0.39 is 0 Å². The molecule has 0 atom stereocenters. The minimum absolute atomic E-state index is 1.18. The van der Waals surface area contributed by atoms with Gasteiger partial charge in [0.2, 0.25) is 0 Å². The zero-order valence-corrected chi connectivity index (χ0v) is 20.1. The highest BCUT2D eigenvalue weighted by atomic mass is 14.9. The van der Waals surface area contributed by atoms with Gasteiger partial charge in [-0.05, 0) is 19.4 Å². The molecule has 0 aromatic carbocycles. The Kier molecular flexibility index (Phi) is 18.4. The summed E-state index contributed by atoms with van der Waals surface area (Å²) in [6.07, 6.45) is 33.5. The van der Waals surface area contributed by atoms with E-state index >= 15 is 0 Å². The normalized spacial score (nSPS) is 11.2. The van der Waals surface area contributed by atoms with Crippen LogP contribution in [0.25, 0.3) is 0 Å². The molecule has 0 aliphatic heterocycles. The van der Waals surface area contributed by atoms with Crippen molar-refractivity contribution in [2.75, 3.05) is 0 Å². The van der Waals surface area contributed by atoms with Crippen LogP contribution in [0, 0.1) is 6.92 Å². The highest BCUT2D eigenvalue weighted by molar-refractivity contribution is 5.01. The van der Waals surface area contributed by atoms with Gasteiger partial charge in [-0.2, -0.15) is 0 Å². The molecular formula is C28H52N+. The molecule has 0 saturated carbocycles. The quantitative estimate of drug-likeness (QED) is 0.142. The lowest BCUT2D eigenvalue weighted by molar-refractivity contribution is -0.697. The lowest BCUT2D eigenvalue weighted by atomic mass is 10.0. The monoisotopic (exact) mass is 402 g/mol. The Labute approximate surface area is 183 Å². The Morgan fingerprint density at radius 3 is 1.31 bits per heavy atom. The number of unbranched alkanes of at least 4 members (excludes halogenated alkanes) is 19. The predicted octanol–water partition coefficient (Wildman–Crippen LogP) is 9.10. The first-order valence-electron chi connectivity index (χ1n) is 13.3. The van der Waals surface area contributed by atoms with Crippen molar-refractivity contribution in [2.24, 2.45) is 0 Å². The molecule has 1 aromatic rings. The lowest BCUT2D eigenvalue weighted by Crippen LogP contribution is -2.32. The maximum atomic E-state index is 2.34. The molecule has 1 aromatic heterocycles. The summed E-state index contributed by atoms with van der Waals surface area (Å²) in [4.78, 5) is 0. The summed E-state index contributed by atoms with van der Waals surface area (Å²) in [6.45, 7) is 5.66. The molecule has 0 bridgehead atoms. The number of hydrogen-bond acceptors (Lipinski definition) is 0. The van der Waals surface area contributed by atoms with Crippen molar-refractivity contribution in [3.8, 4) is 0 Å². The van der Waals surface area contributed by atoms with Gasteiger partial charge in [0, 0.05) is 18.1 Å². The van der Waals surface area contributed by atoms with Gasteiger partial charge in [0.25, 0.3) is 0 Å². The molecule has 168 valence electrons. The molecule has 1 heteroatoms. The largest absolute Gasteiger partial charge is 0.205 e. The molecule has 29 heavy (non-hydrogen) atoms. The van der Waals surface area contributed by atoms with Crippen LogP contribution < -0.4 is 4.57 Å². The maximum absolute atomic E-state index is 2.34. The second-order valence-corrected chi connectivity index (χ2v) is 9.34. The predicted molar refractivity (Wildman–Crippen MR) is 129 cm³/mol. The fourth-order valence-corrected chi connectivity index (χ4v) is 4.34. The first kappa shape index (κ1) is 26.2. The van der Waals surface area contributed by atoms with Crippen molar-refractivity contribution in [3.05, 3.63) is 30.1 Å². The summed E-state index contributed by atoms with van der Waals surface area (Å²) in [5, 5.41) is 0. The third kappa shape index (κ3) is 17.7. The second-order valence-electron chi connectivity index (χ2n) is 9.34. The van der Waals surface area contributed by atoms with Gasteiger partial charge in [-0.25, -0.2) is 4.57 Å². The lowest BCUT2D eigenvalue weighted by Gasteiger charge is -2.04. The van der Waals surface area contributed by atoms with Crippen LogP contribution in [-0.2, 0) is 6.54 Å². The maximum Gasteiger partial charge on any atom is 0.171 e. The summed E-state index contributed by atoms with van der Waals surface area (Å²) in [5.41, 5.74) is 1.36. The van der Waals surface area contributed by atoms with Gasteiger partial charge < -0.3 is 0 Å². The van der Waals surface area contributed by atoms with Crippen LogP contribution in [0.5, 0.6) is 0 Å². The number of aromatic nitrogens is 1. The molecule has 0 N–H and O–H groups in total. The molecule has 0 fully saturated rings. The first-order valence-corrected chi connectivity index (χ1v) is 13.3. The summed E-state index contributed by atoms with van der Waals surface area (Å²) < 4.78 is 2.34. The van der Waals surface area contributed by atoms with E-state index in [0.29, 0.717) is 0 Å². The van der Waals surface area contributed by atoms with Crippen molar-refractivity contribution in [2.45, 2.75) is 149 Å². The molecule has 0 spiro atoms. The fourth-order valence-electron chi connectivity index (χ4n) is 4.34. The Morgan fingerprint density at radius 1 is 0.552 bits per heavy atom. The minimum Gasteiger partial charge on any atom is -0.205 e. The second kappa shape index (κ2) is 20.4. The van der Waals surface area contributed by atoms with E-state index in [1.165, 1.54) is 141 Å². The highest BCUT2D eigenvalue weighted by Gasteiger charge is 2.00. The Balaban J connectivity index is 1.70. The van der Waals surface area contributed by atoms with Crippen molar-refractivity contribution in [1.29, 1.82) is 0 Å². The zero-order chi connectivity index (χ0) is 20.8. The first-order chi connectivity index (χ1) is 14.3. The van der Waals surface area contributed by atoms with Gasteiger partial charge in [-0.1, -0.05) is 122 Å². The standard InChI is InChI=1S/C28H52N/c1-3-4-5-6-7-8-9-10-11-12-13-14-15-16-17-18-19-20-21-22-25-29-26-23-24-28(2)27-29/h23-24,26-27H,3-22,25H2,1-2H3/q+1. The van der Waals surface area contributed by atoms with Crippen LogP contribution >= 0.6 is 0 Å². The summed E-state index contributed by atoms with van der Waals surface area (Å²) in [5.74, 6) is 0. The van der Waals surface area contributed by atoms with Gasteiger partial charge in [-0.15, -0.1) is 0 Å². The highest BCUT2D eigenvalue weighted by Crippen LogP contribution is 2.14. The van der Waals surface area contributed by atoms with E-state index in [-0.39, 0.29) is 0 Å². The summed E-state index contributed by atoms with van der Waals surface area (Å²) in [7, 11) is 0. The number of rotatable bonds is 21. The molecule has 1 rings (SSSR count). The smallest absolute Gasteiger partial charge is 0.171 e. The van der Waals surface area contributed by atoms with E-state index in [9.17, 15) is 0 Å². The number of nitrogens with zero attached hydrogens (tertiary/aromatic N) is 1. The van der Waals surface area contributed by atoms with Gasteiger partial charge in [0.15, 0.2) is 12.4 Å². The van der Waals surface area contributed by atoms with Crippen LogP contribution in [-0.4, -0.2) is 0 Å². The van der Waals surface area contributed by atoms with Crippen LogP contribution in [0.1, 0.15) is 141 Å². The van der Waals surface area contributed by atoms with E-state index in [0.717, 1.165) is 0 Å². The van der Waals surface area contributed by atoms with Crippen LogP contribution in [0.2, 0.25) is 0 Å². The SMILES string of the molecule is CCCCCCCCCCCCCCCCCCCCCC[n+]1cccc(C)c1. The molecule has 0 unspecified atom stereocenters. The molecule has 0 aliphatic rings. The summed E-state index contributed by atoms with van der Waals surface area (Å²) in [6, 6.07) is 4.33. The van der Waals surface area contributed by atoms with Gasteiger partial charge in [-0.3, -0.25) is 0 Å². The van der Waals surface area contributed by atoms with Crippen molar-refractivity contribution < 1.29 is 4.57 Å². The Hall–Kier alpha value is -0.850. The molecule has 1 heterocycles. The average Bonchev–Trinajstić information content (AvgIpc) is 2.72. The van der Waals surface area contributed by atoms with Crippen molar-refractivity contribution in [1.82, 2.24) is 0 Å². The van der Waals surface area contributed by atoms with Crippen LogP contribution in [0.15, 0.2) is 24.5 Å². The molecule has 1 nitrogen and oxygen atoms in total. The van der Waals surface area contributed by atoms with E-state index in [1.54, 1.807) is 0 Å². The van der Waals surface area contributed by atoms with Crippen LogP contribution in [0.4, 0.5) is 0 Å². The molecule has 0 radical (unpaired) electrons. The third-order valence-corrected chi connectivity index (χ3v) is 6.28. The zero-order valence-electron chi connectivity index (χ0n) is 20.1. The average molecular weight is 403 g/mol. The van der Waals surface area contributed by atoms with E-state index in [2.05, 4.69) is 42.9 Å². The summed E-state index contributed by atoms with van der Waals surface area (Å²) >= 11 is 0. The van der Waals surface area contributed by atoms with Gasteiger partial charge in [0.1, 0.15) is 6.54 Å². The molecular weight excluding hydrogens is 350 g/mol. The van der Waals surface area contributed by atoms with Crippen molar-refractivity contribution in [3.63, 3.8) is 0 Å². The molecule has 0 aliphatic carbocycles. The molecule has 0 saturated heterocycles. The number of hydrogen-bond donors (Lipinski definition) is 0.